The van der Waals surface area contributed by atoms with Crippen LogP contribution in [-0.4, -0.2) is 40.4 Å². The van der Waals surface area contributed by atoms with Crippen molar-refractivity contribution in [2.45, 2.75) is 57.3 Å². The fraction of sp³-hybridized carbons (Fsp3) is 0.923. The highest BCUT2D eigenvalue weighted by Gasteiger charge is 2.27. The first-order valence-corrected chi connectivity index (χ1v) is 7.17. The highest BCUT2D eigenvalue weighted by atomic mass is 32.1. The zero-order chi connectivity index (χ0) is 12.8. The first-order valence-electron chi connectivity index (χ1n) is 6.65. The van der Waals surface area contributed by atoms with Crippen molar-refractivity contribution in [3.63, 3.8) is 0 Å². The summed E-state index contributed by atoms with van der Waals surface area (Å²) in [7, 11) is 0. The third kappa shape index (κ3) is 5.30. The molecule has 2 atom stereocenters. The molecule has 0 saturated carbocycles. The standard InChI is InChI=1S/C13H25NO2S/c1-10(2)5-3-4-6-12(17)13(16)14-8-7-11(15)9-14/h10-12,15,17H,3-9H2,1-2H3. The molecule has 0 radical (unpaired) electrons. The number of β-amino-alcohol motifs (C(OH)–C–C–N with tert-alkyl or cyclic N) is 1. The van der Waals surface area contributed by atoms with Crippen molar-refractivity contribution in [3.05, 3.63) is 0 Å². The molecule has 1 saturated heterocycles. The Kier molecular flexibility index (Phi) is 6.34. The van der Waals surface area contributed by atoms with Crippen LogP contribution < -0.4 is 0 Å². The van der Waals surface area contributed by atoms with Gasteiger partial charge in [-0.05, 0) is 18.8 Å². The minimum atomic E-state index is -0.333. The number of aliphatic hydroxyl groups is 1. The van der Waals surface area contributed by atoms with E-state index in [0.717, 1.165) is 18.8 Å². The molecule has 0 aliphatic carbocycles. The van der Waals surface area contributed by atoms with Crippen LogP contribution in [0.5, 0.6) is 0 Å². The summed E-state index contributed by atoms with van der Waals surface area (Å²) in [4.78, 5) is 13.7. The summed E-state index contributed by atoms with van der Waals surface area (Å²) in [5.41, 5.74) is 0. The Hall–Kier alpha value is -0.220. The fourth-order valence-electron chi connectivity index (χ4n) is 2.17. The molecule has 1 heterocycles. The Morgan fingerprint density at radius 2 is 2.06 bits per heavy atom. The lowest BCUT2D eigenvalue weighted by Gasteiger charge is -2.19. The largest absolute Gasteiger partial charge is 0.391 e. The summed E-state index contributed by atoms with van der Waals surface area (Å²) in [6, 6.07) is 0. The summed E-state index contributed by atoms with van der Waals surface area (Å²) in [6.45, 7) is 5.61. The number of amides is 1. The predicted molar refractivity (Wildman–Crippen MR) is 73.3 cm³/mol. The van der Waals surface area contributed by atoms with Crippen LogP contribution in [0.15, 0.2) is 0 Å². The summed E-state index contributed by atoms with van der Waals surface area (Å²) < 4.78 is 0. The van der Waals surface area contributed by atoms with Crippen LogP contribution in [0.4, 0.5) is 0 Å². The van der Waals surface area contributed by atoms with E-state index in [1.165, 1.54) is 12.8 Å². The average molecular weight is 259 g/mol. The highest BCUT2D eigenvalue weighted by Crippen LogP contribution is 2.17. The highest BCUT2D eigenvalue weighted by molar-refractivity contribution is 7.81. The lowest BCUT2D eigenvalue weighted by Crippen LogP contribution is -2.35. The van der Waals surface area contributed by atoms with Gasteiger partial charge in [-0.15, -0.1) is 0 Å². The number of carbonyl (C=O) groups is 1. The van der Waals surface area contributed by atoms with Crippen molar-refractivity contribution < 1.29 is 9.90 Å². The molecular formula is C13H25NO2S. The maximum Gasteiger partial charge on any atom is 0.235 e. The summed E-state index contributed by atoms with van der Waals surface area (Å²) in [5, 5.41) is 9.20. The lowest BCUT2D eigenvalue weighted by molar-refractivity contribution is -0.130. The number of likely N-dealkylation sites (tertiary alicyclic amines) is 1. The Morgan fingerprint density at radius 1 is 1.41 bits per heavy atom. The minimum Gasteiger partial charge on any atom is -0.391 e. The number of hydrogen-bond donors (Lipinski definition) is 2. The van der Waals surface area contributed by atoms with Gasteiger partial charge in [0, 0.05) is 13.1 Å². The molecule has 3 nitrogen and oxygen atoms in total. The van der Waals surface area contributed by atoms with Crippen molar-refractivity contribution in [3.8, 4) is 0 Å². The van der Waals surface area contributed by atoms with Crippen LogP contribution in [0.3, 0.4) is 0 Å². The molecular weight excluding hydrogens is 234 g/mol. The molecule has 1 aliphatic rings. The van der Waals surface area contributed by atoms with Crippen LogP contribution in [0.25, 0.3) is 0 Å². The Bertz CT molecular complexity index is 246. The monoisotopic (exact) mass is 259 g/mol. The van der Waals surface area contributed by atoms with E-state index in [4.69, 9.17) is 0 Å². The molecule has 1 N–H and O–H groups in total. The zero-order valence-corrected chi connectivity index (χ0v) is 11.8. The van der Waals surface area contributed by atoms with Crippen molar-refractivity contribution in [2.75, 3.05) is 13.1 Å². The number of unbranched alkanes of at least 4 members (excludes halogenated alkanes) is 1. The van der Waals surface area contributed by atoms with E-state index < -0.39 is 0 Å². The smallest absolute Gasteiger partial charge is 0.235 e. The van der Waals surface area contributed by atoms with E-state index >= 15 is 0 Å². The van der Waals surface area contributed by atoms with Crippen LogP contribution in [0.2, 0.25) is 0 Å². The zero-order valence-electron chi connectivity index (χ0n) is 10.9. The second kappa shape index (κ2) is 7.27. The average Bonchev–Trinajstić information content (AvgIpc) is 2.69. The Morgan fingerprint density at radius 3 is 2.59 bits per heavy atom. The van der Waals surface area contributed by atoms with E-state index in [1.54, 1.807) is 4.90 Å². The maximum atomic E-state index is 12.0. The topological polar surface area (TPSA) is 40.5 Å². The fourth-order valence-corrected chi connectivity index (χ4v) is 2.51. The molecule has 1 amide bonds. The summed E-state index contributed by atoms with van der Waals surface area (Å²) >= 11 is 4.38. The predicted octanol–water partition coefficient (Wildman–Crippen LogP) is 2.09. The molecule has 1 fully saturated rings. The molecule has 1 aliphatic heterocycles. The van der Waals surface area contributed by atoms with Crippen LogP contribution in [0.1, 0.15) is 46.0 Å². The van der Waals surface area contributed by atoms with Gasteiger partial charge in [0.2, 0.25) is 5.91 Å². The van der Waals surface area contributed by atoms with Crippen LogP contribution in [-0.2, 0) is 4.79 Å². The SMILES string of the molecule is CC(C)CCCCC(S)C(=O)N1CCC(O)C1. The number of hydrogen-bond acceptors (Lipinski definition) is 3. The third-order valence-electron chi connectivity index (χ3n) is 3.27. The summed E-state index contributed by atoms with van der Waals surface area (Å²) in [5.74, 6) is 0.826. The van der Waals surface area contributed by atoms with Gasteiger partial charge < -0.3 is 10.0 Å². The van der Waals surface area contributed by atoms with Crippen molar-refractivity contribution in [1.82, 2.24) is 4.90 Å². The van der Waals surface area contributed by atoms with Crippen molar-refractivity contribution in [1.29, 1.82) is 0 Å². The second-order valence-corrected chi connectivity index (χ2v) is 6.04. The van der Waals surface area contributed by atoms with E-state index in [1.807, 2.05) is 0 Å². The van der Waals surface area contributed by atoms with Gasteiger partial charge in [-0.1, -0.05) is 33.1 Å². The van der Waals surface area contributed by atoms with Gasteiger partial charge in [0.05, 0.1) is 11.4 Å². The van der Waals surface area contributed by atoms with E-state index in [9.17, 15) is 9.90 Å². The second-order valence-electron chi connectivity index (χ2n) is 5.42. The molecule has 0 bridgehead atoms. The molecule has 1 rings (SSSR count). The minimum absolute atomic E-state index is 0.0921. The van der Waals surface area contributed by atoms with Gasteiger partial charge >= 0.3 is 0 Å². The number of thiol groups is 1. The quantitative estimate of drug-likeness (QED) is 0.566. The van der Waals surface area contributed by atoms with E-state index in [2.05, 4.69) is 26.5 Å². The number of rotatable bonds is 6. The van der Waals surface area contributed by atoms with Crippen molar-refractivity contribution in [2.24, 2.45) is 5.92 Å². The number of aliphatic hydroxyl groups excluding tert-OH is 1. The Labute approximate surface area is 110 Å². The van der Waals surface area contributed by atoms with Gasteiger partial charge in [-0.2, -0.15) is 12.6 Å². The van der Waals surface area contributed by atoms with Gasteiger partial charge in [-0.25, -0.2) is 0 Å². The normalized spacial score (nSPS) is 22.2. The van der Waals surface area contributed by atoms with Crippen LogP contribution in [0, 0.1) is 5.92 Å². The maximum absolute atomic E-state index is 12.0. The number of carbonyl (C=O) groups excluding carboxylic acids is 1. The van der Waals surface area contributed by atoms with E-state index in [0.29, 0.717) is 19.5 Å². The number of nitrogens with zero attached hydrogens (tertiary/aromatic N) is 1. The first-order chi connectivity index (χ1) is 8.00. The van der Waals surface area contributed by atoms with Gasteiger partial charge in [0.25, 0.3) is 0 Å². The summed E-state index contributed by atoms with van der Waals surface area (Å²) in [6.07, 6.45) is 4.68. The van der Waals surface area contributed by atoms with Gasteiger partial charge in [0.1, 0.15) is 0 Å². The van der Waals surface area contributed by atoms with E-state index in [-0.39, 0.29) is 17.3 Å². The van der Waals surface area contributed by atoms with Gasteiger partial charge in [-0.3, -0.25) is 4.79 Å². The first kappa shape index (κ1) is 14.8. The third-order valence-corrected chi connectivity index (χ3v) is 3.75. The molecule has 4 heteroatoms. The molecule has 100 valence electrons. The molecule has 17 heavy (non-hydrogen) atoms. The van der Waals surface area contributed by atoms with Crippen molar-refractivity contribution >= 4 is 18.5 Å². The molecule has 2 unspecified atom stereocenters. The molecule has 0 aromatic heterocycles. The van der Waals surface area contributed by atoms with Crippen LogP contribution >= 0.6 is 12.6 Å². The molecule has 0 aromatic carbocycles. The Balaban J connectivity index is 2.18. The lowest BCUT2D eigenvalue weighted by atomic mass is 10.0. The van der Waals surface area contributed by atoms with Gasteiger partial charge in [0.15, 0.2) is 0 Å². The molecule has 0 spiro atoms. The molecule has 0 aromatic rings.